The van der Waals surface area contributed by atoms with Gasteiger partial charge in [-0.2, -0.15) is 5.26 Å². The zero-order valence-electron chi connectivity index (χ0n) is 9.45. The van der Waals surface area contributed by atoms with Crippen molar-refractivity contribution >= 4 is 17.3 Å². The first-order valence-electron chi connectivity index (χ1n) is 5.39. The second-order valence-electron chi connectivity index (χ2n) is 3.61. The summed E-state index contributed by atoms with van der Waals surface area (Å²) < 4.78 is 0. The van der Waals surface area contributed by atoms with Gasteiger partial charge in [0.25, 0.3) is 0 Å². The maximum absolute atomic E-state index is 8.94. The minimum absolute atomic E-state index is 0.328. The molecule has 0 aliphatic heterocycles. The molecule has 86 valence electrons. The maximum Gasteiger partial charge on any atom is 0.148 e. The Hall–Kier alpha value is -1.96. The molecule has 0 bridgehead atoms. The van der Waals surface area contributed by atoms with Crippen LogP contribution < -0.4 is 16.8 Å². The summed E-state index contributed by atoms with van der Waals surface area (Å²) in [6, 6.07) is 3.52. The summed E-state index contributed by atoms with van der Waals surface area (Å²) in [6.07, 6.45) is 3.34. The predicted octanol–water partition coefficient (Wildman–Crippen LogP) is 1.72. The van der Waals surface area contributed by atoms with Gasteiger partial charge in [-0.25, -0.2) is 4.98 Å². The van der Waals surface area contributed by atoms with Gasteiger partial charge in [0.05, 0.1) is 5.69 Å². The van der Waals surface area contributed by atoms with Crippen molar-refractivity contribution < 1.29 is 0 Å². The van der Waals surface area contributed by atoms with Crippen molar-refractivity contribution in [1.29, 1.82) is 5.26 Å². The van der Waals surface area contributed by atoms with Gasteiger partial charge in [-0.05, 0) is 6.42 Å². The van der Waals surface area contributed by atoms with Crippen molar-refractivity contribution in [2.75, 3.05) is 23.3 Å². The Morgan fingerprint density at radius 1 is 1.44 bits per heavy atom. The zero-order valence-corrected chi connectivity index (χ0v) is 9.45. The molecular formula is C11H17N5. The van der Waals surface area contributed by atoms with Crippen LogP contribution in [0.1, 0.15) is 31.7 Å². The highest BCUT2D eigenvalue weighted by molar-refractivity contribution is 5.69. The molecule has 1 aromatic rings. The summed E-state index contributed by atoms with van der Waals surface area (Å²) in [5, 5.41) is 12.0. The van der Waals surface area contributed by atoms with Crippen LogP contribution in [-0.2, 0) is 0 Å². The first-order chi connectivity index (χ1) is 7.69. The van der Waals surface area contributed by atoms with E-state index >= 15 is 0 Å². The van der Waals surface area contributed by atoms with Crippen molar-refractivity contribution in [1.82, 2.24) is 4.98 Å². The normalized spacial score (nSPS) is 9.75. The van der Waals surface area contributed by atoms with E-state index in [2.05, 4.69) is 17.2 Å². The monoisotopic (exact) mass is 219 g/mol. The van der Waals surface area contributed by atoms with Gasteiger partial charge in [-0.1, -0.05) is 19.8 Å². The van der Waals surface area contributed by atoms with E-state index in [1.165, 1.54) is 6.07 Å². The largest absolute Gasteiger partial charge is 0.397 e. The highest BCUT2D eigenvalue weighted by Crippen LogP contribution is 2.21. The summed E-state index contributed by atoms with van der Waals surface area (Å²) >= 11 is 0. The molecule has 0 aromatic carbocycles. The van der Waals surface area contributed by atoms with Crippen LogP contribution >= 0.6 is 0 Å². The Bertz CT molecular complexity index is 394. The first kappa shape index (κ1) is 12.1. The predicted molar refractivity (Wildman–Crippen MR) is 65.8 cm³/mol. The molecule has 0 amide bonds. The molecule has 16 heavy (non-hydrogen) atoms. The number of nitrogens with one attached hydrogen (secondary N) is 1. The smallest absolute Gasteiger partial charge is 0.148 e. The van der Waals surface area contributed by atoms with E-state index in [1.54, 1.807) is 0 Å². The van der Waals surface area contributed by atoms with E-state index < -0.39 is 0 Å². The van der Waals surface area contributed by atoms with Crippen molar-refractivity contribution in [3.63, 3.8) is 0 Å². The summed E-state index contributed by atoms with van der Waals surface area (Å²) in [4.78, 5) is 4.07. The van der Waals surface area contributed by atoms with Crippen LogP contribution in [0.5, 0.6) is 0 Å². The number of aromatic nitrogens is 1. The molecule has 1 rings (SSSR count). The second kappa shape index (κ2) is 5.81. The Morgan fingerprint density at radius 3 is 2.81 bits per heavy atom. The average Bonchev–Trinajstić information content (AvgIpc) is 2.24. The standard InChI is InChI=1S/C11H17N5/c1-2-3-4-5-15-11-8(7-12)9(13)6-10(14)16-11/h6H,2-5H2,1H3,(H5,13,14,15,16). The Kier molecular flexibility index (Phi) is 4.40. The molecule has 0 saturated heterocycles. The average molecular weight is 219 g/mol. The molecule has 1 aromatic heterocycles. The summed E-state index contributed by atoms with van der Waals surface area (Å²) in [6.45, 7) is 2.91. The first-order valence-corrected chi connectivity index (χ1v) is 5.39. The minimum Gasteiger partial charge on any atom is -0.397 e. The Balaban J connectivity index is 2.75. The molecule has 0 aliphatic rings. The van der Waals surface area contributed by atoms with E-state index in [4.69, 9.17) is 16.7 Å². The Morgan fingerprint density at radius 2 is 2.19 bits per heavy atom. The van der Waals surface area contributed by atoms with Gasteiger partial charge in [0.2, 0.25) is 0 Å². The van der Waals surface area contributed by atoms with E-state index in [0.717, 1.165) is 25.8 Å². The number of nitrogens with zero attached hydrogens (tertiary/aromatic N) is 2. The maximum atomic E-state index is 8.94. The third-order valence-electron chi connectivity index (χ3n) is 2.25. The number of pyridine rings is 1. The fourth-order valence-corrected chi connectivity index (χ4v) is 1.41. The third-order valence-corrected chi connectivity index (χ3v) is 2.25. The van der Waals surface area contributed by atoms with Gasteiger partial charge in [0.1, 0.15) is 23.3 Å². The van der Waals surface area contributed by atoms with E-state index in [9.17, 15) is 0 Å². The minimum atomic E-state index is 0.328. The molecule has 0 fully saturated rings. The second-order valence-corrected chi connectivity index (χ2v) is 3.61. The van der Waals surface area contributed by atoms with E-state index in [0.29, 0.717) is 22.9 Å². The van der Waals surface area contributed by atoms with Crippen LogP contribution in [0.15, 0.2) is 6.07 Å². The van der Waals surface area contributed by atoms with E-state index in [1.807, 2.05) is 6.07 Å². The fraction of sp³-hybridized carbons (Fsp3) is 0.455. The number of hydrogen-bond acceptors (Lipinski definition) is 5. The van der Waals surface area contributed by atoms with Crippen molar-refractivity contribution in [3.05, 3.63) is 11.6 Å². The summed E-state index contributed by atoms with van der Waals surface area (Å²) in [7, 11) is 0. The molecule has 0 saturated carbocycles. The molecule has 0 radical (unpaired) electrons. The lowest BCUT2D eigenvalue weighted by Gasteiger charge is -2.09. The number of nitrogens with two attached hydrogens (primary N) is 2. The molecule has 5 N–H and O–H groups in total. The molecule has 0 unspecified atom stereocenters. The lowest BCUT2D eigenvalue weighted by molar-refractivity contribution is 0.742. The van der Waals surface area contributed by atoms with Gasteiger partial charge in [-0.15, -0.1) is 0 Å². The molecule has 1 heterocycles. The van der Waals surface area contributed by atoms with Gasteiger partial charge in [-0.3, -0.25) is 0 Å². The Labute approximate surface area is 95.5 Å². The number of nitriles is 1. The van der Waals surface area contributed by atoms with E-state index in [-0.39, 0.29) is 0 Å². The fourth-order valence-electron chi connectivity index (χ4n) is 1.41. The van der Waals surface area contributed by atoms with Gasteiger partial charge in [0, 0.05) is 12.6 Å². The van der Waals surface area contributed by atoms with Crippen LogP contribution in [0.25, 0.3) is 0 Å². The SMILES string of the molecule is CCCCCNc1nc(N)cc(N)c1C#N. The number of rotatable bonds is 5. The molecular weight excluding hydrogens is 202 g/mol. The van der Waals surface area contributed by atoms with Crippen LogP contribution in [0.2, 0.25) is 0 Å². The molecule has 5 heteroatoms. The quantitative estimate of drug-likeness (QED) is 0.654. The number of anilines is 3. The summed E-state index contributed by atoms with van der Waals surface area (Å²) in [5.74, 6) is 0.811. The lowest BCUT2D eigenvalue weighted by Crippen LogP contribution is -2.08. The summed E-state index contributed by atoms with van der Waals surface area (Å²) in [5.41, 5.74) is 12.0. The highest BCUT2D eigenvalue weighted by atomic mass is 15.0. The van der Waals surface area contributed by atoms with Crippen LogP contribution in [0.4, 0.5) is 17.3 Å². The topological polar surface area (TPSA) is 101 Å². The van der Waals surface area contributed by atoms with Gasteiger partial charge >= 0.3 is 0 Å². The lowest BCUT2D eigenvalue weighted by atomic mass is 10.2. The van der Waals surface area contributed by atoms with Crippen molar-refractivity contribution in [2.45, 2.75) is 26.2 Å². The zero-order chi connectivity index (χ0) is 12.0. The molecule has 0 spiro atoms. The van der Waals surface area contributed by atoms with Gasteiger partial charge < -0.3 is 16.8 Å². The number of unbranched alkanes of at least 4 members (excludes halogenated alkanes) is 2. The third kappa shape index (κ3) is 3.02. The number of hydrogen-bond donors (Lipinski definition) is 3. The molecule has 0 atom stereocenters. The molecule has 5 nitrogen and oxygen atoms in total. The van der Waals surface area contributed by atoms with Gasteiger partial charge in [0.15, 0.2) is 0 Å². The van der Waals surface area contributed by atoms with Crippen molar-refractivity contribution in [3.8, 4) is 6.07 Å². The van der Waals surface area contributed by atoms with Crippen molar-refractivity contribution in [2.24, 2.45) is 0 Å². The molecule has 0 aliphatic carbocycles. The van der Waals surface area contributed by atoms with Crippen LogP contribution in [-0.4, -0.2) is 11.5 Å². The highest BCUT2D eigenvalue weighted by Gasteiger charge is 2.08. The number of nitrogen functional groups attached to an aromatic ring is 2. The van der Waals surface area contributed by atoms with Crippen LogP contribution in [0, 0.1) is 11.3 Å². The van der Waals surface area contributed by atoms with Crippen LogP contribution in [0.3, 0.4) is 0 Å².